The summed E-state index contributed by atoms with van der Waals surface area (Å²) in [5.74, 6) is -0.149. The van der Waals surface area contributed by atoms with E-state index in [-0.39, 0.29) is 22.6 Å². The Balaban J connectivity index is 1.66. The summed E-state index contributed by atoms with van der Waals surface area (Å²) in [5.41, 5.74) is 0.831. The lowest BCUT2D eigenvalue weighted by atomic mass is 10.0. The maximum absolute atomic E-state index is 13.1. The van der Waals surface area contributed by atoms with E-state index in [1.54, 1.807) is 12.1 Å². The molecule has 2 atom stereocenters. The zero-order valence-electron chi connectivity index (χ0n) is 14.8. The van der Waals surface area contributed by atoms with E-state index in [2.05, 4.69) is 24.2 Å². The minimum absolute atomic E-state index is 0.0789. The van der Waals surface area contributed by atoms with Gasteiger partial charge in [0.15, 0.2) is 0 Å². The fourth-order valence-electron chi connectivity index (χ4n) is 3.06. The van der Waals surface area contributed by atoms with Gasteiger partial charge in [-0.3, -0.25) is 4.79 Å². The molecular weight excluding hydrogens is 355 g/mol. The van der Waals surface area contributed by atoms with Crippen LogP contribution in [0.5, 0.6) is 5.75 Å². The lowest BCUT2D eigenvalue weighted by Crippen LogP contribution is -2.41. The van der Waals surface area contributed by atoms with Crippen molar-refractivity contribution in [3.63, 3.8) is 0 Å². The van der Waals surface area contributed by atoms with Crippen LogP contribution in [0.2, 0.25) is 5.02 Å². The Morgan fingerprint density at radius 1 is 1.31 bits per heavy atom. The number of likely N-dealkylation sites (tertiary alicyclic amines) is 1. The molecule has 0 aliphatic carbocycles. The van der Waals surface area contributed by atoms with Crippen molar-refractivity contribution in [2.75, 3.05) is 18.9 Å². The largest absolute Gasteiger partial charge is 0.490 e. The molecule has 4 nitrogen and oxygen atoms in total. The molecule has 0 spiro atoms. The highest BCUT2D eigenvalue weighted by Crippen LogP contribution is 2.25. The van der Waals surface area contributed by atoms with Gasteiger partial charge >= 0.3 is 0 Å². The van der Waals surface area contributed by atoms with Crippen molar-refractivity contribution < 1.29 is 13.9 Å². The van der Waals surface area contributed by atoms with Gasteiger partial charge in [-0.1, -0.05) is 17.7 Å². The summed E-state index contributed by atoms with van der Waals surface area (Å²) in [5, 5.41) is 2.86. The van der Waals surface area contributed by atoms with Crippen LogP contribution in [0.25, 0.3) is 0 Å². The number of carbonyl (C=O) groups excluding carboxylic acids is 1. The molecule has 1 aliphatic rings. The minimum atomic E-state index is -0.477. The average Bonchev–Trinajstić information content (AvgIpc) is 2.58. The van der Waals surface area contributed by atoms with Gasteiger partial charge in [0, 0.05) is 24.3 Å². The summed E-state index contributed by atoms with van der Waals surface area (Å²) in [7, 11) is 2.12. The highest BCUT2D eigenvalue weighted by Gasteiger charge is 2.24. The zero-order chi connectivity index (χ0) is 18.7. The summed E-state index contributed by atoms with van der Waals surface area (Å²) in [4.78, 5) is 14.7. The number of benzene rings is 2. The number of nitrogens with one attached hydrogen (secondary N) is 1. The van der Waals surface area contributed by atoms with Crippen LogP contribution in [-0.4, -0.2) is 36.5 Å². The van der Waals surface area contributed by atoms with Crippen molar-refractivity contribution >= 4 is 23.2 Å². The maximum atomic E-state index is 13.1. The number of amides is 1. The second-order valence-electron chi connectivity index (χ2n) is 6.70. The third kappa shape index (κ3) is 4.54. The standard InChI is InChI=1S/C20H22ClFN2O2/c1-13-10-17(8-9-24(13)2)26-16-5-3-4-15(12-16)23-20(25)18-7-6-14(22)11-19(18)21/h3-7,11-13,17H,8-10H2,1-2H3,(H,23,25)/t13-,17+/m0/s1. The number of nitrogens with zero attached hydrogens (tertiary/aromatic N) is 1. The lowest BCUT2D eigenvalue weighted by molar-refractivity contribution is 0.0791. The minimum Gasteiger partial charge on any atom is -0.490 e. The molecule has 3 rings (SSSR count). The smallest absolute Gasteiger partial charge is 0.257 e. The summed E-state index contributed by atoms with van der Waals surface area (Å²) >= 11 is 5.95. The van der Waals surface area contributed by atoms with Crippen molar-refractivity contribution in [2.24, 2.45) is 0 Å². The number of hydrogen-bond donors (Lipinski definition) is 1. The van der Waals surface area contributed by atoms with Gasteiger partial charge in [0.05, 0.1) is 10.6 Å². The van der Waals surface area contributed by atoms with Gasteiger partial charge in [0.1, 0.15) is 17.7 Å². The zero-order valence-corrected chi connectivity index (χ0v) is 15.6. The van der Waals surface area contributed by atoms with Gasteiger partial charge in [-0.25, -0.2) is 4.39 Å². The van der Waals surface area contributed by atoms with Crippen LogP contribution in [0.3, 0.4) is 0 Å². The number of anilines is 1. The molecule has 2 aromatic carbocycles. The quantitative estimate of drug-likeness (QED) is 0.848. The van der Waals surface area contributed by atoms with Crippen LogP contribution in [0.4, 0.5) is 10.1 Å². The predicted octanol–water partition coefficient (Wildman–Crippen LogP) is 4.59. The van der Waals surface area contributed by atoms with Crippen molar-refractivity contribution in [3.8, 4) is 5.75 Å². The molecule has 1 aliphatic heterocycles. The Morgan fingerprint density at radius 2 is 2.12 bits per heavy atom. The van der Waals surface area contributed by atoms with Crippen LogP contribution in [-0.2, 0) is 0 Å². The van der Waals surface area contributed by atoms with E-state index >= 15 is 0 Å². The first kappa shape index (κ1) is 18.7. The van der Waals surface area contributed by atoms with Gasteiger partial charge in [-0.15, -0.1) is 0 Å². The molecule has 0 bridgehead atoms. The van der Waals surface area contributed by atoms with Gasteiger partial charge in [0.25, 0.3) is 5.91 Å². The number of halogens is 2. The van der Waals surface area contributed by atoms with Crippen LogP contribution in [0.1, 0.15) is 30.1 Å². The van der Waals surface area contributed by atoms with E-state index in [1.165, 1.54) is 12.1 Å². The van der Waals surface area contributed by atoms with Crippen LogP contribution < -0.4 is 10.1 Å². The molecule has 1 N–H and O–H groups in total. The van der Waals surface area contributed by atoms with Gasteiger partial charge in [-0.05, 0) is 57.1 Å². The van der Waals surface area contributed by atoms with E-state index in [0.717, 1.165) is 31.2 Å². The summed E-state index contributed by atoms with van der Waals surface area (Å²) in [6.45, 7) is 3.20. The van der Waals surface area contributed by atoms with E-state index in [1.807, 2.05) is 12.1 Å². The molecule has 6 heteroatoms. The monoisotopic (exact) mass is 376 g/mol. The van der Waals surface area contributed by atoms with Crippen LogP contribution in [0, 0.1) is 5.82 Å². The van der Waals surface area contributed by atoms with E-state index in [4.69, 9.17) is 16.3 Å². The molecule has 2 aromatic rings. The molecule has 1 amide bonds. The number of hydrogen-bond acceptors (Lipinski definition) is 3. The topological polar surface area (TPSA) is 41.6 Å². The third-order valence-corrected chi connectivity index (χ3v) is 5.04. The summed E-state index contributed by atoms with van der Waals surface area (Å²) in [6.07, 6.45) is 2.11. The molecule has 1 heterocycles. The molecule has 1 saturated heterocycles. The number of rotatable bonds is 4. The molecule has 26 heavy (non-hydrogen) atoms. The predicted molar refractivity (Wildman–Crippen MR) is 102 cm³/mol. The number of piperidine rings is 1. The first-order chi connectivity index (χ1) is 12.4. The third-order valence-electron chi connectivity index (χ3n) is 4.73. The average molecular weight is 377 g/mol. The summed E-state index contributed by atoms with van der Waals surface area (Å²) in [6, 6.07) is 11.5. The van der Waals surface area contributed by atoms with Gasteiger partial charge < -0.3 is 15.0 Å². The van der Waals surface area contributed by atoms with Crippen molar-refractivity contribution in [1.29, 1.82) is 0 Å². The van der Waals surface area contributed by atoms with Crippen LogP contribution in [0.15, 0.2) is 42.5 Å². The Hall–Kier alpha value is -2.11. The second kappa shape index (κ2) is 8.06. The second-order valence-corrected chi connectivity index (χ2v) is 7.11. The van der Waals surface area contributed by atoms with E-state index in [0.29, 0.717) is 11.7 Å². The summed E-state index contributed by atoms with van der Waals surface area (Å²) < 4.78 is 19.2. The van der Waals surface area contributed by atoms with E-state index < -0.39 is 5.82 Å². The number of ether oxygens (including phenoxy) is 1. The highest BCUT2D eigenvalue weighted by molar-refractivity contribution is 6.34. The fourth-order valence-corrected chi connectivity index (χ4v) is 3.32. The normalized spacial score (nSPS) is 20.6. The maximum Gasteiger partial charge on any atom is 0.257 e. The molecule has 1 fully saturated rings. The van der Waals surface area contributed by atoms with Crippen molar-refractivity contribution in [3.05, 3.63) is 58.9 Å². The Morgan fingerprint density at radius 3 is 2.85 bits per heavy atom. The molecule has 0 aromatic heterocycles. The molecule has 0 radical (unpaired) electrons. The van der Waals surface area contributed by atoms with E-state index in [9.17, 15) is 9.18 Å². The Kier molecular flexibility index (Phi) is 5.79. The SMILES string of the molecule is C[C@H]1C[C@H](Oc2cccc(NC(=O)c3ccc(F)cc3Cl)c2)CCN1C. The fraction of sp³-hybridized carbons (Fsp3) is 0.350. The van der Waals surface area contributed by atoms with Crippen molar-refractivity contribution in [2.45, 2.75) is 31.9 Å². The first-order valence-corrected chi connectivity index (χ1v) is 9.03. The van der Waals surface area contributed by atoms with Gasteiger partial charge in [-0.2, -0.15) is 0 Å². The van der Waals surface area contributed by atoms with Crippen LogP contribution >= 0.6 is 11.6 Å². The molecule has 138 valence electrons. The number of carbonyl (C=O) groups is 1. The lowest BCUT2D eigenvalue weighted by Gasteiger charge is -2.35. The van der Waals surface area contributed by atoms with Crippen molar-refractivity contribution in [1.82, 2.24) is 4.90 Å². The molecule has 0 saturated carbocycles. The highest BCUT2D eigenvalue weighted by atomic mass is 35.5. The molecular formula is C20H22ClFN2O2. The molecule has 0 unspecified atom stereocenters. The Labute approximate surface area is 157 Å². The Bertz CT molecular complexity index is 799. The first-order valence-electron chi connectivity index (χ1n) is 8.66. The van der Waals surface area contributed by atoms with Gasteiger partial charge in [0.2, 0.25) is 0 Å².